The van der Waals surface area contributed by atoms with Crippen LogP contribution in [0.4, 0.5) is 0 Å². The lowest BCUT2D eigenvalue weighted by atomic mass is 10.3. The Hall–Kier alpha value is -1.75. The normalized spacial score (nSPS) is 10.1. The highest BCUT2D eigenvalue weighted by atomic mass is 79.9. The molecule has 100 valence electrons. The summed E-state index contributed by atoms with van der Waals surface area (Å²) in [4.78, 5) is 4.25. The van der Waals surface area contributed by atoms with Crippen molar-refractivity contribution in [1.29, 1.82) is 0 Å². The zero-order valence-electron chi connectivity index (χ0n) is 10.7. The van der Waals surface area contributed by atoms with E-state index in [1.54, 1.807) is 26.5 Å². The van der Waals surface area contributed by atoms with Crippen molar-refractivity contribution in [1.82, 2.24) is 4.98 Å². The Labute approximate surface area is 120 Å². The average Bonchev–Trinajstić information content (AvgIpc) is 2.44. The van der Waals surface area contributed by atoms with Crippen molar-refractivity contribution < 1.29 is 14.2 Å². The molecule has 0 spiro atoms. The van der Waals surface area contributed by atoms with Crippen LogP contribution >= 0.6 is 15.9 Å². The molecule has 2 rings (SSSR count). The number of benzene rings is 1. The fraction of sp³-hybridized carbons (Fsp3) is 0.214. The monoisotopic (exact) mass is 323 g/mol. The third-order valence-electron chi connectivity index (χ3n) is 2.54. The zero-order valence-corrected chi connectivity index (χ0v) is 12.3. The maximum absolute atomic E-state index is 5.69. The van der Waals surface area contributed by atoms with Crippen molar-refractivity contribution in [2.75, 3.05) is 14.2 Å². The Morgan fingerprint density at radius 3 is 2.68 bits per heavy atom. The maximum Gasteiger partial charge on any atom is 0.185 e. The molecule has 0 unspecified atom stereocenters. The van der Waals surface area contributed by atoms with Gasteiger partial charge in [-0.1, -0.05) is 22.0 Å². The van der Waals surface area contributed by atoms with Crippen molar-refractivity contribution in [3.8, 4) is 17.2 Å². The molecule has 0 aliphatic carbocycles. The highest BCUT2D eigenvalue weighted by Gasteiger charge is 2.11. The van der Waals surface area contributed by atoms with Gasteiger partial charge in [0.1, 0.15) is 18.1 Å². The van der Waals surface area contributed by atoms with Crippen LogP contribution in [0.2, 0.25) is 0 Å². The van der Waals surface area contributed by atoms with Gasteiger partial charge in [-0.2, -0.15) is 0 Å². The van der Waals surface area contributed by atoms with Crippen LogP contribution in [-0.4, -0.2) is 19.2 Å². The smallest absolute Gasteiger partial charge is 0.185 e. The van der Waals surface area contributed by atoms with Gasteiger partial charge in [-0.25, -0.2) is 0 Å². The SMILES string of the molecule is COc1ccnc(COc2cccc(Br)c2)c1OC. The highest BCUT2D eigenvalue weighted by molar-refractivity contribution is 9.10. The molecule has 4 nitrogen and oxygen atoms in total. The minimum Gasteiger partial charge on any atom is -0.493 e. The van der Waals surface area contributed by atoms with Crippen LogP contribution in [0.5, 0.6) is 17.2 Å². The summed E-state index contributed by atoms with van der Waals surface area (Å²) in [5.74, 6) is 2.01. The molecule has 0 saturated heterocycles. The molecule has 0 aliphatic rings. The van der Waals surface area contributed by atoms with E-state index < -0.39 is 0 Å². The van der Waals surface area contributed by atoms with Crippen LogP contribution in [0, 0.1) is 0 Å². The van der Waals surface area contributed by atoms with E-state index in [1.165, 1.54) is 0 Å². The molecule has 1 heterocycles. The third-order valence-corrected chi connectivity index (χ3v) is 3.03. The van der Waals surface area contributed by atoms with E-state index in [2.05, 4.69) is 20.9 Å². The molecule has 0 atom stereocenters. The van der Waals surface area contributed by atoms with Crippen molar-refractivity contribution in [3.63, 3.8) is 0 Å². The molecule has 1 aromatic carbocycles. The molecule has 2 aromatic rings. The van der Waals surface area contributed by atoms with E-state index in [1.807, 2.05) is 24.3 Å². The van der Waals surface area contributed by atoms with Crippen molar-refractivity contribution >= 4 is 15.9 Å². The van der Waals surface area contributed by atoms with Gasteiger partial charge >= 0.3 is 0 Å². The number of pyridine rings is 1. The van der Waals surface area contributed by atoms with Crippen molar-refractivity contribution in [3.05, 3.63) is 46.7 Å². The van der Waals surface area contributed by atoms with Gasteiger partial charge in [0.25, 0.3) is 0 Å². The summed E-state index contributed by atoms with van der Waals surface area (Å²) < 4.78 is 17.2. The van der Waals surface area contributed by atoms with Gasteiger partial charge in [-0.15, -0.1) is 0 Å². The van der Waals surface area contributed by atoms with Gasteiger partial charge in [0.15, 0.2) is 11.5 Å². The molecule has 1 aromatic heterocycles. The summed E-state index contributed by atoms with van der Waals surface area (Å²) in [6.07, 6.45) is 1.67. The van der Waals surface area contributed by atoms with E-state index in [0.29, 0.717) is 23.8 Å². The molecule has 0 N–H and O–H groups in total. The molecular weight excluding hydrogens is 310 g/mol. The molecule has 5 heteroatoms. The first-order chi connectivity index (χ1) is 9.24. The molecule has 0 fully saturated rings. The first kappa shape index (κ1) is 13.7. The second-order valence-electron chi connectivity index (χ2n) is 3.74. The van der Waals surface area contributed by atoms with Gasteiger partial charge < -0.3 is 14.2 Å². The van der Waals surface area contributed by atoms with Crippen LogP contribution in [-0.2, 0) is 6.61 Å². The topological polar surface area (TPSA) is 40.6 Å². The lowest BCUT2D eigenvalue weighted by Gasteiger charge is -2.12. The van der Waals surface area contributed by atoms with Gasteiger partial charge in [0, 0.05) is 16.7 Å². The predicted octanol–water partition coefficient (Wildman–Crippen LogP) is 3.44. The molecular formula is C14H14BrNO3. The van der Waals surface area contributed by atoms with E-state index in [9.17, 15) is 0 Å². The largest absolute Gasteiger partial charge is 0.493 e. The number of nitrogens with zero attached hydrogens (tertiary/aromatic N) is 1. The summed E-state index contributed by atoms with van der Waals surface area (Å²) >= 11 is 3.40. The number of aromatic nitrogens is 1. The van der Waals surface area contributed by atoms with Crippen molar-refractivity contribution in [2.24, 2.45) is 0 Å². The minimum absolute atomic E-state index is 0.316. The summed E-state index contributed by atoms with van der Waals surface area (Å²) in [6.45, 7) is 0.316. The quantitative estimate of drug-likeness (QED) is 0.845. The number of hydrogen-bond acceptors (Lipinski definition) is 4. The summed E-state index contributed by atoms with van der Waals surface area (Å²) in [6, 6.07) is 9.39. The molecule has 19 heavy (non-hydrogen) atoms. The lowest BCUT2D eigenvalue weighted by molar-refractivity contribution is 0.284. The lowest BCUT2D eigenvalue weighted by Crippen LogP contribution is -2.03. The number of methoxy groups -OCH3 is 2. The van der Waals surface area contributed by atoms with Crippen LogP contribution < -0.4 is 14.2 Å². The third kappa shape index (κ3) is 3.38. The number of hydrogen-bond donors (Lipinski definition) is 0. The van der Waals surface area contributed by atoms with Crippen molar-refractivity contribution in [2.45, 2.75) is 6.61 Å². The Balaban J connectivity index is 2.15. The Morgan fingerprint density at radius 1 is 1.16 bits per heavy atom. The number of rotatable bonds is 5. The minimum atomic E-state index is 0.316. The second kappa shape index (κ2) is 6.43. The van der Waals surface area contributed by atoms with Crippen LogP contribution in [0.15, 0.2) is 41.0 Å². The Kier molecular flexibility index (Phi) is 4.63. The van der Waals surface area contributed by atoms with E-state index in [4.69, 9.17) is 14.2 Å². The van der Waals surface area contributed by atoms with Gasteiger partial charge in [0.05, 0.1) is 14.2 Å². The second-order valence-corrected chi connectivity index (χ2v) is 4.65. The number of ether oxygens (including phenoxy) is 3. The van der Waals surface area contributed by atoms with Crippen LogP contribution in [0.1, 0.15) is 5.69 Å². The van der Waals surface area contributed by atoms with Gasteiger partial charge in [-0.3, -0.25) is 4.98 Å². The van der Waals surface area contributed by atoms with Crippen LogP contribution in [0.3, 0.4) is 0 Å². The fourth-order valence-electron chi connectivity index (χ4n) is 1.66. The summed E-state index contributed by atoms with van der Waals surface area (Å²) in [5, 5.41) is 0. The summed E-state index contributed by atoms with van der Waals surface area (Å²) in [5.41, 5.74) is 0.696. The Morgan fingerprint density at radius 2 is 2.00 bits per heavy atom. The van der Waals surface area contributed by atoms with E-state index >= 15 is 0 Å². The highest BCUT2D eigenvalue weighted by Crippen LogP contribution is 2.30. The number of halogens is 1. The van der Waals surface area contributed by atoms with Crippen LogP contribution in [0.25, 0.3) is 0 Å². The standard InChI is InChI=1S/C14H14BrNO3/c1-17-13-6-7-16-12(14(13)18-2)9-19-11-5-3-4-10(15)8-11/h3-8H,9H2,1-2H3. The molecule has 0 bridgehead atoms. The maximum atomic E-state index is 5.69. The van der Waals surface area contributed by atoms with Gasteiger partial charge in [0.2, 0.25) is 0 Å². The molecule has 0 saturated carbocycles. The molecule has 0 radical (unpaired) electrons. The molecule has 0 aliphatic heterocycles. The first-order valence-corrected chi connectivity index (χ1v) is 6.48. The Bertz CT molecular complexity index is 560. The van der Waals surface area contributed by atoms with E-state index in [0.717, 1.165) is 10.2 Å². The average molecular weight is 324 g/mol. The predicted molar refractivity (Wildman–Crippen MR) is 75.8 cm³/mol. The zero-order chi connectivity index (χ0) is 13.7. The fourth-order valence-corrected chi connectivity index (χ4v) is 2.04. The molecule has 0 amide bonds. The van der Waals surface area contributed by atoms with E-state index in [-0.39, 0.29) is 0 Å². The first-order valence-electron chi connectivity index (χ1n) is 5.69. The van der Waals surface area contributed by atoms with Gasteiger partial charge in [-0.05, 0) is 18.2 Å². The summed E-state index contributed by atoms with van der Waals surface area (Å²) in [7, 11) is 3.18.